The Labute approximate surface area is 234 Å². The molecular weight excluding hydrogens is 510 g/mol. The number of fused-ring (bicyclic) bond motifs is 1. The summed E-state index contributed by atoms with van der Waals surface area (Å²) >= 11 is 0. The predicted molar refractivity (Wildman–Crippen MR) is 155 cm³/mol. The Kier molecular flexibility index (Phi) is 7.13. The molecule has 3 aromatic rings. The smallest absolute Gasteiger partial charge is 0.341 e. The number of anilines is 6. The Morgan fingerprint density at radius 1 is 1.25 bits per heavy atom. The van der Waals surface area contributed by atoms with E-state index in [9.17, 15) is 9.90 Å². The number of carboxylic acid groups (broad SMARTS) is 1. The first-order valence-electron chi connectivity index (χ1n) is 13.4. The van der Waals surface area contributed by atoms with Crippen molar-refractivity contribution in [3.05, 3.63) is 41.3 Å². The zero-order chi connectivity index (χ0) is 28.8. The van der Waals surface area contributed by atoms with E-state index < -0.39 is 5.97 Å². The Morgan fingerprint density at radius 3 is 2.73 bits per heavy atom. The van der Waals surface area contributed by atoms with Crippen LogP contribution in [0.3, 0.4) is 0 Å². The van der Waals surface area contributed by atoms with Crippen molar-refractivity contribution >= 4 is 40.6 Å². The molecule has 2 aliphatic rings. The number of nitrogens with two attached hydrogens (primary N) is 1. The van der Waals surface area contributed by atoms with Gasteiger partial charge in [0.15, 0.2) is 11.6 Å². The highest BCUT2D eigenvalue weighted by Crippen LogP contribution is 2.44. The van der Waals surface area contributed by atoms with Crippen molar-refractivity contribution in [1.29, 1.82) is 0 Å². The normalized spacial score (nSPS) is 17.8. The molecule has 1 atom stereocenters. The molecule has 2 aliphatic heterocycles. The van der Waals surface area contributed by atoms with E-state index >= 15 is 0 Å². The molecule has 0 radical (unpaired) electrons. The molecule has 0 amide bonds. The topological polar surface area (TPSA) is 146 Å². The standard InChI is InChI=1S/C28H37N9O3/c1-16-9-10-21-22(31-16)28(2,3)15-37(21)23-18(26(38)39)13-30-27(34-23)32-20-12-19(29)24(33-25(20)40-6)36-11-7-8-17(36)14-35(4)5/h9-10,12-13,17H,7-8,11,14-15,29H2,1-6H3,(H,38,39)(H,30,32,34)/t17-/m1/s1. The van der Waals surface area contributed by atoms with E-state index in [4.69, 9.17) is 20.4 Å². The number of aromatic nitrogens is 4. The van der Waals surface area contributed by atoms with Gasteiger partial charge in [0.1, 0.15) is 11.3 Å². The Hall–Kier alpha value is -4.19. The molecule has 1 saturated heterocycles. The van der Waals surface area contributed by atoms with Gasteiger partial charge in [0.2, 0.25) is 11.8 Å². The minimum atomic E-state index is -1.11. The van der Waals surface area contributed by atoms with Crippen LogP contribution in [0.4, 0.5) is 34.6 Å². The third-order valence-electron chi connectivity index (χ3n) is 7.41. The summed E-state index contributed by atoms with van der Waals surface area (Å²) in [5, 5.41) is 13.1. The van der Waals surface area contributed by atoms with Crippen molar-refractivity contribution in [2.24, 2.45) is 0 Å². The van der Waals surface area contributed by atoms with Crippen molar-refractivity contribution in [2.75, 3.05) is 61.7 Å². The number of hydrogen-bond donors (Lipinski definition) is 3. The van der Waals surface area contributed by atoms with Crippen molar-refractivity contribution in [2.45, 2.75) is 45.1 Å². The number of hydrogen-bond acceptors (Lipinski definition) is 11. The molecule has 0 aromatic carbocycles. The van der Waals surface area contributed by atoms with E-state index in [1.54, 1.807) is 13.2 Å². The number of carboxylic acids is 1. The lowest BCUT2D eigenvalue weighted by molar-refractivity contribution is 0.0697. The number of pyridine rings is 2. The number of likely N-dealkylation sites (N-methyl/N-ethyl adjacent to an activating group) is 1. The van der Waals surface area contributed by atoms with Gasteiger partial charge >= 0.3 is 5.97 Å². The first kappa shape index (κ1) is 27.4. The number of nitrogens with one attached hydrogen (secondary N) is 1. The van der Waals surface area contributed by atoms with Gasteiger partial charge in [0, 0.05) is 43.0 Å². The molecule has 3 aromatic heterocycles. The summed E-state index contributed by atoms with van der Waals surface area (Å²) in [5.74, 6) is 0.402. The first-order chi connectivity index (χ1) is 19.0. The van der Waals surface area contributed by atoms with Gasteiger partial charge in [0.05, 0.1) is 24.2 Å². The van der Waals surface area contributed by atoms with Gasteiger partial charge in [-0.05, 0) is 52.1 Å². The molecule has 12 nitrogen and oxygen atoms in total. The minimum Gasteiger partial charge on any atom is -0.479 e. The minimum absolute atomic E-state index is 0.00399. The van der Waals surface area contributed by atoms with Crippen LogP contribution in [0.1, 0.15) is 48.4 Å². The van der Waals surface area contributed by atoms with Crippen LogP contribution in [0, 0.1) is 6.92 Å². The lowest BCUT2D eigenvalue weighted by Crippen LogP contribution is -2.38. The summed E-state index contributed by atoms with van der Waals surface area (Å²) in [6.45, 7) is 8.41. The molecular formula is C28H37N9O3. The van der Waals surface area contributed by atoms with Crippen LogP contribution < -0.4 is 25.6 Å². The van der Waals surface area contributed by atoms with Crippen molar-refractivity contribution < 1.29 is 14.6 Å². The highest BCUT2D eigenvalue weighted by atomic mass is 16.5. The molecule has 0 saturated carbocycles. The maximum atomic E-state index is 12.2. The van der Waals surface area contributed by atoms with Gasteiger partial charge in [-0.3, -0.25) is 4.98 Å². The molecule has 5 heterocycles. The zero-order valence-corrected chi connectivity index (χ0v) is 23.9. The Bertz CT molecular complexity index is 1440. The summed E-state index contributed by atoms with van der Waals surface area (Å²) in [7, 11) is 5.67. The van der Waals surface area contributed by atoms with Gasteiger partial charge in [-0.2, -0.15) is 9.97 Å². The number of methoxy groups -OCH3 is 1. The molecule has 212 valence electrons. The fraction of sp³-hybridized carbons (Fsp3) is 0.464. The highest BCUT2D eigenvalue weighted by molar-refractivity contribution is 5.95. The zero-order valence-electron chi connectivity index (χ0n) is 23.9. The van der Waals surface area contributed by atoms with Crippen molar-refractivity contribution in [3.8, 4) is 5.88 Å². The van der Waals surface area contributed by atoms with Crippen LogP contribution >= 0.6 is 0 Å². The van der Waals surface area contributed by atoms with Crippen molar-refractivity contribution in [1.82, 2.24) is 24.8 Å². The fourth-order valence-electron chi connectivity index (χ4n) is 5.62. The molecule has 1 fully saturated rings. The molecule has 4 N–H and O–H groups in total. The van der Waals surface area contributed by atoms with E-state index in [0.717, 1.165) is 43.0 Å². The average Bonchev–Trinajstić information content (AvgIpc) is 3.44. The second-order valence-corrected chi connectivity index (χ2v) is 11.4. The lowest BCUT2D eigenvalue weighted by atomic mass is 9.91. The number of nitrogens with zero attached hydrogens (tertiary/aromatic N) is 7. The summed E-state index contributed by atoms with van der Waals surface area (Å²) in [6.07, 6.45) is 3.45. The average molecular weight is 548 g/mol. The molecule has 5 rings (SSSR count). The molecule has 12 heteroatoms. The number of aromatic carboxylic acids is 1. The monoisotopic (exact) mass is 547 g/mol. The van der Waals surface area contributed by atoms with Crippen LogP contribution in [0.2, 0.25) is 0 Å². The second kappa shape index (κ2) is 10.4. The second-order valence-electron chi connectivity index (χ2n) is 11.4. The lowest BCUT2D eigenvalue weighted by Gasteiger charge is -2.29. The Balaban J connectivity index is 1.50. The van der Waals surface area contributed by atoms with Gasteiger partial charge < -0.3 is 35.6 Å². The van der Waals surface area contributed by atoms with Crippen LogP contribution in [0.5, 0.6) is 5.88 Å². The van der Waals surface area contributed by atoms with Gasteiger partial charge in [-0.25, -0.2) is 9.78 Å². The summed E-state index contributed by atoms with van der Waals surface area (Å²) < 4.78 is 5.63. The maximum absolute atomic E-state index is 12.2. The van der Waals surface area contributed by atoms with Crippen LogP contribution in [-0.2, 0) is 5.41 Å². The third kappa shape index (κ3) is 5.06. The number of aryl methyl sites for hydroxylation is 1. The fourth-order valence-corrected chi connectivity index (χ4v) is 5.62. The summed E-state index contributed by atoms with van der Waals surface area (Å²) in [4.78, 5) is 36.9. The largest absolute Gasteiger partial charge is 0.479 e. The first-order valence-corrected chi connectivity index (χ1v) is 13.4. The number of rotatable bonds is 8. The van der Waals surface area contributed by atoms with Gasteiger partial charge in [0.25, 0.3) is 0 Å². The highest BCUT2D eigenvalue weighted by Gasteiger charge is 2.39. The number of nitrogen functional groups attached to an aromatic ring is 1. The van der Waals surface area contributed by atoms with Crippen molar-refractivity contribution in [3.63, 3.8) is 0 Å². The predicted octanol–water partition coefficient (Wildman–Crippen LogP) is 3.57. The van der Waals surface area contributed by atoms with Gasteiger partial charge in [-0.1, -0.05) is 13.8 Å². The SMILES string of the molecule is COc1nc(N2CCC[C@@H]2CN(C)C)c(N)cc1Nc1ncc(C(=O)O)c(N2CC(C)(C)c3nc(C)ccc32)n1. The number of carbonyl (C=O) groups is 1. The third-order valence-corrected chi connectivity index (χ3v) is 7.41. The van der Waals surface area contributed by atoms with E-state index in [0.29, 0.717) is 35.7 Å². The van der Waals surface area contributed by atoms with Gasteiger partial charge in [-0.15, -0.1) is 0 Å². The van der Waals surface area contributed by atoms with E-state index in [-0.39, 0.29) is 22.7 Å². The quantitative estimate of drug-likeness (QED) is 0.379. The maximum Gasteiger partial charge on any atom is 0.341 e. The molecule has 0 aliphatic carbocycles. The molecule has 40 heavy (non-hydrogen) atoms. The van der Waals surface area contributed by atoms with E-state index in [1.165, 1.54) is 6.20 Å². The summed E-state index contributed by atoms with van der Waals surface area (Å²) in [6, 6.07) is 5.95. The Morgan fingerprint density at radius 2 is 2.02 bits per heavy atom. The van der Waals surface area contributed by atoms with E-state index in [1.807, 2.05) is 24.0 Å². The summed E-state index contributed by atoms with van der Waals surface area (Å²) in [5.41, 5.74) is 9.84. The molecule has 0 bridgehead atoms. The van der Waals surface area contributed by atoms with Crippen LogP contribution in [0.15, 0.2) is 24.4 Å². The molecule has 0 unspecified atom stereocenters. The molecule has 0 spiro atoms. The van der Waals surface area contributed by atoms with Crippen LogP contribution in [-0.4, -0.2) is 82.8 Å². The number of ether oxygens (including phenoxy) is 1. The van der Waals surface area contributed by atoms with Crippen LogP contribution in [0.25, 0.3) is 0 Å². The van der Waals surface area contributed by atoms with E-state index in [2.05, 4.69) is 53.0 Å².